The summed E-state index contributed by atoms with van der Waals surface area (Å²) in [6.07, 6.45) is 4.53. The van der Waals surface area contributed by atoms with Crippen LogP contribution in [0.25, 0.3) is 0 Å². The zero-order valence-corrected chi connectivity index (χ0v) is 13.0. The second-order valence-electron chi connectivity index (χ2n) is 6.45. The van der Waals surface area contributed by atoms with Crippen LogP contribution in [-0.2, 0) is 11.2 Å². The lowest BCUT2D eigenvalue weighted by Gasteiger charge is -2.43. The fraction of sp³-hybridized carbons (Fsp3) is 0.688. The first-order valence-electron chi connectivity index (χ1n) is 7.62. The van der Waals surface area contributed by atoms with E-state index in [0.717, 1.165) is 37.3 Å². The molecule has 0 aromatic carbocycles. The van der Waals surface area contributed by atoms with E-state index in [1.165, 1.54) is 11.3 Å². The second-order valence-corrected chi connectivity index (χ2v) is 7.45. The molecule has 0 saturated heterocycles. The number of hydrogen-bond donors (Lipinski definition) is 1. The minimum Gasteiger partial charge on any atom is -0.480 e. The number of rotatable bonds is 2. The average Bonchev–Trinajstić information content (AvgIpc) is 2.88. The van der Waals surface area contributed by atoms with Crippen molar-refractivity contribution in [1.29, 1.82) is 0 Å². The third kappa shape index (κ3) is 2.40. The standard InChI is InChI=1S/C16H23NO2S/c1-10-3-4-12(9-11(10)2)17-7-5-14-13(6-8-20-14)15(17)16(18)19/h6,8,10-12,15H,3-5,7,9H2,1-2H3,(H,18,19). The molecule has 1 fully saturated rings. The molecular weight excluding hydrogens is 270 g/mol. The average molecular weight is 293 g/mol. The molecule has 3 rings (SSSR count). The molecule has 1 aliphatic carbocycles. The molecular formula is C16H23NO2S. The van der Waals surface area contributed by atoms with Crippen molar-refractivity contribution in [2.24, 2.45) is 11.8 Å². The Morgan fingerprint density at radius 1 is 1.35 bits per heavy atom. The van der Waals surface area contributed by atoms with Gasteiger partial charge >= 0.3 is 5.97 Å². The topological polar surface area (TPSA) is 40.5 Å². The van der Waals surface area contributed by atoms with E-state index in [1.54, 1.807) is 11.3 Å². The van der Waals surface area contributed by atoms with Crippen LogP contribution in [0.4, 0.5) is 0 Å². The van der Waals surface area contributed by atoms with Gasteiger partial charge in [0.2, 0.25) is 0 Å². The quantitative estimate of drug-likeness (QED) is 0.906. The van der Waals surface area contributed by atoms with E-state index >= 15 is 0 Å². The summed E-state index contributed by atoms with van der Waals surface area (Å²) in [5.41, 5.74) is 1.04. The maximum absolute atomic E-state index is 11.8. The molecule has 1 N–H and O–H groups in total. The van der Waals surface area contributed by atoms with Crippen molar-refractivity contribution >= 4 is 17.3 Å². The van der Waals surface area contributed by atoms with Gasteiger partial charge in [0.1, 0.15) is 6.04 Å². The summed E-state index contributed by atoms with van der Waals surface area (Å²) in [5, 5.41) is 11.7. The Balaban J connectivity index is 1.84. The molecule has 0 bridgehead atoms. The normalized spacial score (nSPS) is 34.7. The van der Waals surface area contributed by atoms with E-state index in [1.807, 2.05) is 11.4 Å². The maximum atomic E-state index is 11.8. The summed E-state index contributed by atoms with van der Waals surface area (Å²) in [7, 11) is 0. The number of thiophene rings is 1. The molecule has 1 saturated carbocycles. The van der Waals surface area contributed by atoms with Gasteiger partial charge in [-0.2, -0.15) is 0 Å². The highest BCUT2D eigenvalue weighted by molar-refractivity contribution is 7.10. The molecule has 110 valence electrons. The Labute approximate surface area is 124 Å². The molecule has 1 aliphatic heterocycles. The van der Waals surface area contributed by atoms with Gasteiger partial charge in [0.05, 0.1) is 0 Å². The van der Waals surface area contributed by atoms with Gasteiger partial charge < -0.3 is 5.11 Å². The van der Waals surface area contributed by atoms with Crippen LogP contribution in [0.5, 0.6) is 0 Å². The zero-order chi connectivity index (χ0) is 14.3. The number of aliphatic carboxylic acids is 1. The highest BCUT2D eigenvalue weighted by Gasteiger charge is 2.39. The molecule has 1 aromatic heterocycles. The number of fused-ring (bicyclic) bond motifs is 1. The van der Waals surface area contributed by atoms with Gasteiger partial charge in [-0.05, 0) is 54.5 Å². The van der Waals surface area contributed by atoms with E-state index in [-0.39, 0.29) is 0 Å². The Morgan fingerprint density at radius 2 is 2.15 bits per heavy atom. The molecule has 4 unspecified atom stereocenters. The molecule has 2 heterocycles. The number of carboxylic acids is 1. The molecule has 20 heavy (non-hydrogen) atoms. The summed E-state index contributed by atoms with van der Waals surface area (Å²) in [6, 6.07) is 2.03. The van der Waals surface area contributed by atoms with E-state index in [0.29, 0.717) is 12.0 Å². The maximum Gasteiger partial charge on any atom is 0.325 e. The lowest BCUT2D eigenvalue weighted by Crippen LogP contribution is -2.47. The first-order valence-corrected chi connectivity index (χ1v) is 8.50. The summed E-state index contributed by atoms with van der Waals surface area (Å²) in [4.78, 5) is 15.3. The minimum atomic E-state index is -0.685. The van der Waals surface area contributed by atoms with Crippen LogP contribution in [0.1, 0.15) is 49.6 Å². The first-order chi connectivity index (χ1) is 9.58. The Morgan fingerprint density at radius 3 is 2.85 bits per heavy atom. The van der Waals surface area contributed by atoms with Crippen LogP contribution in [-0.4, -0.2) is 28.6 Å². The van der Waals surface area contributed by atoms with Gasteiger partial charge in [-0.3, -0.25) is 9.69 Å². The molecule has 0 spiro atoms. The molecule has 2 aliphatic rings. The SMILES string of the molecule is CC1CCC(N2CCc3sccc3C2C(=O)O)CC1C. The Bertz CT molecular complexity index is 498. The van der Waals surface area contributed by atoms with Gasteiger partial charge in [-0.25, -0.2) is 0 Å². The van der Waals surface area contributed by atoms with Crippen molar-refractivity contribution in [1.82, 2.24) is 4.90 Å². The third-order valence-corrected chi connectivity index (χ3v) is 6.27. The number of carbonyl (C=O) groups is 1. The van der Waals surface area contributed by atoms with Crippen LogP contribution in [0, 0.1) is 11.8 Å². The van der Waals surface area contributed by atoms with Gasteiger partial charge in [0.15, 0.2) is 0 Å². The summed E-state index contributed by atoms with van der Waals surface area (Å²) < 4.78 is 0. The van der Waals surface area contributed by atoms with Gasteiger partial charge in [0.25, 0.3) is 0 Å². The highest BCUT2D eigenvalue weighted by atomic mass is 32.1. The lowest BCUT2D eigenvalue weighted by atomic mass is 9.77. The summed E-state index contributed by atoms with van der Waals surface area (Å²) in [6.45, 7) is 5.53. The fourth-order valence-electron chi connectivity index (χ4n) is 3.82. The van der Waals surface area contributed by atoms with Crippen LogP contribution >= 0.6 is 11.3 Å². The van der Waals surface area contributed by atoms with Crippen molar-refractivity contribution in [3.8, 4) is 0 Å². The summed E-state index contributed by atoms with van der Waals surface area (Å²) >= 11 is 1.71. The van der Waals surface area contributed by atoms with Gasteiger partial charge in [0, 0.05) is 17.5 Å². The van der Waals surface area contributed by atoms with Gasteiger partial charge in [-0.15, -0.1) is 11.3 Å². The predicted molar refractivity (Wildman–Crippen MR) is 81.1 cm³/mol. The monoisotopic (exact) mass is 293 g/mol. The predicted octanol–water partition coefficient (Wildman–Crippen LogP) is 3.56. The summed E-state index contributed by atoms with van der Waals surface area (Å²) in [5.74, 6) is 0.790. The first kappa shape index (κ1) is 14.1. The molecule has 0 amide bonds. The number of carboxylic acid groups (broad SMARTS) is 1. The molecule has 1 aromatic rings. The molecule has 3 nitrogen and oxygen atoms in total. The smallest absolute Gasteiger partial charge is 0.325 e. The highest BCUT2D eigenvalue weighted by Crippen LogP contribution is 2.40. The Kier molecular flexibility index (Phi) is 3.87. The van der Waals surface area contributed by atoms with Crippen LogP contribution in [0.3, 0.4) is 0 Å². The molecule has 4 atom stereocenters. The van der Waals surface area contributed by atoms with Crippen molar-refractivity contribution < 1.29 is 9.90 Å². The number of nitrogens with zero attached hydrogens (tertiary/aromatic N) is 1. The fourth-order valence-corrected chi connectivity index (χ4v) is 4.73. The van der Waals surface area contributed by atoms with Crippen molar-refractivity contribution in [3.63, 3.8) is 0 Å². The third-order valence-electron chi connectivity index (χ3n) is 5.28. The van der Waals surface area contributed by atoms with Crippen LogP contribution in [0.15, 0.2) is 11.4 Å². The molecule has 4 heteroatoms. The van der Waals surface area contributed by atoms with E-state index in [2.05, 4.69) is 18.7 Å². The van der Waals surface area contributed by atoms with Crippen LogP contribution < -0.4 is 0 Å². The molecule has 0 radical (unpaired) electrons. The van der Waals surface area contributed by atoms with Crippen molar-refractivity contribution in [2.75, 3.05) is 6.54 Å². The zero-order valence-electron chi connectivity index (χ0n) is 12.2. The Hall–Kier alpha value is -0.870. The van der Waals surface area contributed by atoms with Crippen LogP contribution in [0.2, 0.25) is 0 Å². The number of hydrogen-bond acceptors (Lipinski definition) is 3. The van der Waals surface area contributed by atoms with E-state index < -0.39 is 12.0 Å². The van der Waals surface area contributed by atoms with Crippen molar-refractivity contribution in [2.45, 2.75) is 51.6 Å². The largest absolute Gasteiger partial charge is 0.480 e. The van der Waals surface area contributed by atoms with E-state index in [9.17, 15) is 9.90 Å². The van der Waals surface area contributed by atoms with Gasteiger partial charge in [-0.1, -0.05) is 13.8 Å². The van der Waals surface area contributed by atoms with Crippen molar-refractivity contribution in [3.05, 3.63) is 21.9 Å². The second kappa shape index (κ2) is 5.49. The lowest BCUT2D eigenvalue weighted by molar-refractivity contribution is -0.145. The minimum absolute atomic E-state index is 0.421. The van der Waals surface area contributed by atoms with E-state index in [4.69, 9.17) is 0 Å².